The summed E-state index contributed by atoms with van der Waals surface area (Å²) in [5.74, 6) is 0.914. The second kappa shape index (κ2) is 5.79. The first-order valence-corrected chi connectivity index (χ1v) is 7.98. The molecule has 0 radical (unpaired) electrons. The van der Waals surface area contributed by atoms with Gasteiger partial charge in [0.2, 0.25) is 5.89 Å². The number of hydrogen-bond acceptors (Lipinski definition) is 6. The molecule has 1 aromatic rings. The van der Waals surface area contributed by atoms with Crippen molar-refractivity contribution in [2.45, 2.75) is 38.5 Å². The van der Waals surface area contributed by atoms with E-state index in [4.69, 9.17) is 4.52 Å². The lowest BCUT2D eigenvalue weighted by Gasteiger charge is -2.23. The molecule has 2 atom stereocenters. The number of likely N-dealkylation sites (N-methyl/N-ethyl adjacent to an activating group) is 1. The topological polar surface area (TPSA) is 85.1 Å². The van der Waals surface area contributed by atoms with Crippen LogP contribution in [-0.4, -0.2) is 37.9 Å². The van der Waals surface area contributed by atoms with E-state index in [2.05, 4.69) is 29.3 Å². The van der Waals surface area contributed by atoms with Gasteiger partial charge in [0.25, 0.3) is 0 Å². The highest BCUT2D eigenvalue weighted by molar-refractivity contribution is 7.89. The highest BCUT2D eigenvalue weighted by Crippen LogP contribution is 2.26. The van der Waals surface area contributed by atoms with Gasteiger partial charge in [0.15, 0.2) is 15.7 Å². The molecule has 18 heavy (non-hydrogen) atoms. The molecule has 1 rings (SSSR count). The van der Waals surface area contributed by atoms with Crippen molar-refractivity contribution >= 4 is 9.84 Å². The van der Waals surface area contributed by atoms with Crippen LogP contribution in [0.5, 0.6) is 0 Å². The van der Waals surface area contributed by atoms with Gasteiger partial charge in [-0.1, -0.05) is 19.0 Å². The third kappa shape index (κ3) is 4.06. The lowest BCUT2D eigenvalue weighted by atomic mass is 9.89. The van der Waals surface area contributed by atoms with Crippen molar-refractivity contribution in [1.82, 2.24) is 15.5 Å². The van der Waals surface area contributed by atoms with Crippen molar-refractivity contribution in [2.24, 2.45) is 5.92 Å². The molecule has 1 N–H and O–H groups in total. The third-order valence-electron chi connectivity index (χ3n) is 2.87. The molecule has 0 aromatic carbocycles. The molecule has 0 spiro atoms. The van der Waals surface area contributed by atoms with Gasteiger partial charge in [-0.2, -0.15) is 4.98 Å². The molecule has 1 heterocycles. The van der Waals surface area contributed by atoms with Crippen LogP contribution in [0.2, 0.25) is 0 Å². The number of nitrogens with one attached hydrogen (secondary N) is 1. The van der Waals surface area contributed by atoms with Gasteiger partial charge in [0.05, 0.1) is 5.92 Å². The molecule has 104 valence electrons. The van der Waals surface area contributed by atoms with E-state index in [1.165, 1.54) is 0 Å². The Balaban J connectivity index is 2.95. The van der Waals surface area contributed by atoms with E-state index >= 15 is 0 Å². The van der Waals surface area contributed by atoms with Crippen LogP contribution in [0.25, 0.3) is 0 Å². The second-order valence-corrected chi connectivity index (χ2v) is 7.11. The quantitative estimate of drug-likeness (QED) is 0.832. The first kappa shape index (κ1) is 15.1. The summed E-state index contributed by atoms with van der Waals surface area (Å²) in [6.07, 6.45) is 1.15. The standard InChI is InChI=1S/C11H21N3O3S/c1-7(2)10(8(3)12-4)11-13-9(14-17-11)6-18(5,15)16/h7-8,10,12H,6H2,1-5H3. The highest BCUT2D eigenvalue weighted by atomic mass is 32.2. The fourth-order valence-corrected chi connectivity index (χ4v) is 2.54. The molecule has 0 bridgehead atoms. The maximum absolute atomic E-state index is 11.2. The Hall–Kier alpha value is -0.950. The first-order chi connectivity index (χ1) is 8.24. The van der Waals surface area contributed by atoms with Gasteiger partial charge >= 0.3 is 0 Å². The molecule has 1 aromatic heterocycles. The molecule has 7 heteroatoms. The Kier molecular flexibility index (Phi) is 4.86. The normalized spacial score (nSPS) is 15.9. The van der Waals surface area contributed by atoms with Gasteiger partial charge < -0.3 is 9.84 Å². The minimum absolute atomic E-state index is 0.0656. The zero-order chi connectivity index (χ0) is 13.9. The fourth-order valence-electron chi connectivity index (χ4n) is 1.95. The average molecular weight is 275 g/mol. The fraction of sp³-hybridized carbons (Fsp3) is 0.818. The van der Waals surface area contributed by atoms with Crippen LogP contribution < -0.4 is 5.32 Å². The Bertz CT molecular complexity index is 481. The summed E-state index contributed by atoms with van der Waals surface area (Å²) in [4.78, 5) is 4.19. The van der Waals surface area contributed by atoms with Gasteiger partial charge in [-0.15, -0.1) is 0 Å². The average Bonchev–Trinajstić information content (AvgIpc) is 2.62. The van der Waals surface area contributed by atoms with Crippen LogP contribution in [-0.2, 0) is 15.6 Å². The number of nitrogens with zero attached hydrogens (tertiary/aromatic N) is 2. The number of aromatic nitrogens is 2. The molecule has 0 aliphatic heterocycles. The van der Waals surface area contributed by atoms with E-state index in [0.29, 0.717) is 11.8 Å². The van der Waals surface area contributed by atoms with Gasteiger partial charge in [-0.25, -0.2) is 8.42 Å². The maximum atomic E-state index is 11.2. The van der Waals surface area contributed by atoms with E-state index in [1.54, 1.807) is 0 Å². The predicted molar refractivity (Wildman–Crippen MR) is 68.9 cm³/mol. The summed E-state index contributed by atoms with van der Waals surface area (Å²) < 4.78 is 27.5. The number of rotatable bonds is 6. The van der Waals surface area contributed by atoms with Crippen LogP contribution in [0, 0.1) is 5.92 Å². The van der Waals surface area contributed by atoms with Crippen molar-refractivity contribution in [3.05, 3.63) is 11.7 Å². The Morgan fingerprint density at radius 3 is 2.39 bits per heavy atom. The minimum atomic E-state index is -3.14. The summed E-state index contributed by atoms with van der Waals surface area (Å²) in [5, 5.41) is 6.88. The SMILES string of the molecule is CNC(C)C(c1nc(CS(C)(=O)=O)no1)C(C)C. The molecule has 2 unspecified atom stereocenters. The molecule has 6 nitrogen and oxygen atoms in total. The summed E-state index contributed by atoms with van der Waals surface area (Å²) in [5.41, 5.74) is 0. The lowest BCUT2D eigenvalue weighted by molar-refractivity contribution is 0.285. The molecular formula is C11H21N3O3S. The van der Waals surface area contributed by atoms with Gasteiger partial charge in [0, 0.05) is 12.3 Å². The zero-order valence-corrected chi connectivity index (χ0v) is 12.3. The maximum Gasteiger partial charge on any atom is 0.231 e. The highest BCUT2D eigenvalue weighted by Gasteiger charge is 2.27. The molecule has 0 aliphatic carbocycles. The van der Waals surface area contributed by atoms with Crippen molar-refractivity contribution in [2.75, 3.05) is 13.3 Å². The largest absolute Gasteiger partial charge is 0.339 e. The summed E-state index contributed by atoms with van der Waals surface area (Å²) in [7, 11) is -1.27. The molecule has 0 saturated heterocycles. The van der Waals surface area contributed by atoms with E-state index in [9.17, 15) is 8.42 Å². The van der Waals surface area contributed by atoms with E-state index in [1.807, 2.05) is 14.0 Å². The molecule has 0 saturated carbocycles. The van der Waals surface area contributed by atoms with Crippen LogP contribution in [0.15, 0.2) is 4.52 Å². The lowest BCUT2D eigenvalue weighted by Crippen LogP contribution is -2.32. The number of hydrogen-bond donors (Lipinski definition) is 1. The predicted octanol–water partition coefficient (Wildman–Crippen LogP) is 0.962. The summed E-state index contributed by atoms with van der Waals surface area (Å²) >= 11 is 0. The smallest absolute Gasteiger partial charge is 0.231 e. The molecule has 0 fully saturated rings. The third-order valence-corrected chi connectivity index (χ3v) is 3.66. The van der Waals surface area contributed by atoms with Crippen molar-refractivity contribution in [1.29, 1.82) is 0 Å². The van der Waals surface area contributed by atoms with Gasteiger partial charge in [-0.3, -0.25) is 0 Å². The monoisotopic (exact) mass is 275 g/mol. The van der Waals surface area contributed by atoms with Crippen LogP contribution in [0.1, 0.15) is 38.4 Å². The Morgan fingerprint density at radius 2 is 1.94 bits per heavy atom. The van der Waals surface area contributed by atoms with Crippen molar-refractivity contribution in [3.63, 3.8) is 0 Å². The minimum Gasteiger partial charge on any atom is -0.339 e. The van der Waals surface area contributed by atoms with Gasteiger partial charge in [0.1, 0.15) is 5.75 Å². The van der Waals surface area contributed by atoms with E-state index in [0.717, 1.165) is 6.26 Å². The van der Waals surface area contributed by atoms with Crippen LogP contribution >= 0.6 is 0 Å². The first-order valence-electron chi connectivity index (χ1n) is 5.92. The van der Waals surface area contributed by atoms with Crippen molar-refractivity contribution < 1.29 is 12.9 Å². The molecule has 0 aliphatic rings. The Labute approximate surface area is 108 Å². The van der Waals surface area contributed by atoms with Crippen LogP contribution in [0.4, 0.5) is 0 Å². The zero-order valence-electron chi connectivity index (χ0n) is 11.5. The number of sulfone groups is 1. The van der Waals surface area contributed by atoms with E-state index < -0.39 is 9.84 Å². The van der Waals surface area contributed by atoms with Crippen LogP contribution in [0.3, 0.4) is 0 Å². The van der Waals surface area contributed by atoms with E-state index in [-0.39, 0.29) is 23.5 Å². The summed E-state index contributed by atoms with van der Waals surface area (Å²) in [6, 6.07) is 0.177. The summed E-state index contributed by atoms with van der Waals surface area (Å²) in [6.45, 7) is 6.17. The molecular weight excluding hydrogens is 254 g/mol. The second-order valence-electron chi connectivity index (χ2n) is 4.97. The molecule has 0 amide bonds. The van der Waals surface area contributed by atoms with Crippen molar-refractivity contribution in [3.8, 4) is 0 Å². The van der Waals surface area contributed by atoms with Gasteiger partial charge in [-0.05, 0) is 19.9 Å². The Morgan fingerprint density at radius 1 is 1.33 bits per heavy atom.